The van der Waals surface area contributed by atoms with Crippen LogP contribution < -0.4 is 0 Å². The molecule has 0 atom stereocenters. The number of benzene rings is 1. The highest BCUT2D eigenvalue weighted by molar-refractivity contribution is 5.83. The highest BCUT2D eigenvalue weighted by Crippen LogP contribution is 2.24. The summed E-state index contributed by atoms with van der Waals surface area (Å²) in [6.45, 7) is 0. The Balaban J connectivity index is 2.19. The molecule has 3 rings (SSSR count). The Morgan fingerprint density at radius 2 is 1.78 bits per heavy atom. The molecule has 18 heavy (non-hydrogen) atoms. The van der Waals surface area contributed by atoms with Crippen molar-refractivity contribution in [3.05, 3.63) is 60.6 Å². The van der Waals surface area contributed by atoms with E-state index in [1.54, 1.807) is 12.3 Å². The first-order valence-electron chi connectivity index (χ1n) is 5.41. The van der Waals surface area contributed by atoms with Crippen molar-refractivity contribution in [3.63, 3.8) is 0 Å². The third-order valence-electron chi connectivity index (χ3n) is 2.72. The predicted molar refractivity (Wildman–Crippen MR) is 64.9 cm³/mol. The van der Waals surface area contributed by atoms with Crippen molar-refractivity contribution in [1.82, 2.24) is 9.97 Å². The molecular formula is C14H8F2N2. The molecule has 2 aromatic heterocycles. The maximum Gasteiger partial charge on any atom is 0.223 e. The molecule has 0 aliphatic heterocycles. The first kappa shape index (κ1) is 10.8. The molecule has 0 radical (unpaired) electrons. The predicted octanol–water partition coefficient (Wildman–Crippen LogP) is 3.58. The second-order valence-electron chi connectivity index (χ2n) is 3.89. The Morgan fingerprint density at radius 1 is 0.944 bits per heavy atom. The van der Waals surface area contributed by atoms with Crippen LogP contribution in [-0.2, 0) is 0 Å². The Labute approximate surface area is 102 Å². The lowest BCUT2D eigenvalue weighted by Gasteiger charge is -2.04. The van der Waals surface area contributed by atoms with Gasteiger partial charge in [-0.05, 0) is 24.3 Å². The number of hydrogen-bond acceptors (Lipinski definition) is 2. The number of rotatable bonds is 1. The topological polar surface area (TPSA) is 25.8 Å². The molecule has 0 saturated heterocycles. The molecule has 0 aliphatic carbocycles. The minimum absolute atomic E-state index is 0.245. The summed E-state index contributed by atoms with van der Waals surface area (Å²) in [4.78, 5) is 7.40. The Hall–Kier alpha value is -2.36. The minimum Gasteiger partial charge on any atom is -0.256 e. The molecule has 0 bridgehead atoms. The standard InChI is InChI=1S/C14H8F2N2/c15-13-6-5-11(14(16)18-13)10-7-9-3-1-2-4-12(9)17-8-10/h1-8H. The molecule has 0 aliphatic rings. The van der Waals surface area contributed by atoms with Gasteiger partial charge in [-0.1, -0.05) is 18.2 Å². The quantitative estimate of drug-likeness (QED) is 0.609. The van der Waals surface area contributed by atoms with Crippen LogP contribution in [0.15, 0.2) is 48.7 Å². The fourth-order valence-electron chi connectivity index (χ4n) is 1.85. The van der Waals surface area contributed by atoms with E-state index in [0.29, 0.717) is 5.56 Å². The molecule has 0 unspecified atom stereocenters. The van der Waals surface area contributed by atoms with E-state index in [1.165, 1.54) is 6.07 Å². The molecule has 3 aromatic rings. The maximum atomic E-state index is 13.6. The van der Waals surface area contributed by atoms with Gasteiger partial charge in [-0.3, -0.25) is 4.98 Å². The van der Waals surface area contributed by atoms with Crippen LogP contribution in [0.25, 0.3) is 22.0 Å². The van der Waals surface area contributed by atoms with E-state index in [2.05, 4.69) is 9.97 Å². The average molecular weight is 242 g/mol. The molecular weight excluding hydrogens is 234 g/mol. The van der Waals surface area contributed by atoms with Gasteiger partial charge in [-0.2, -0.15) is 13.8 Å². The summed E-state index contributed by atoms with van der Waals surface area (Å²) in [6, 6.07) is 11.8. The third-order valence-corrected chi connectivity index (χ3v) is 2.72. The van der Waals surface area contributed by atoms with Crippen LogP contribution in [0.4, 0.5) is 8.78 Å². The number of nitrogens with zero attached hydrogens (tertiary/aromatic N) is 2. The van der Waals surface area contributed by atoms with Crippen molar-refractivity contribution >= 4 is 10.9 Å². The van der Waals surface area contributed by atoms with Crippen LogP contribution in [0.1, 0.15) is 0 Å². The first-order valence-corrected chi connectivity index (χ1v) is 5.41. The molecule has 0 N–H and O–H groups in total. The van der Waals surface area contributed by atoms with Gasteiger partial charge in [-0.25, -0.2) is 0 Å². The smallest absolute Gasteiger partial charge is 0.223 e. The van der Waals surface area contributed by atoms with Gasteiger partial charge in [-0.15, -0.1) is 0 Å². The van der Waals surface area contributed by atoms with Crippen LogP contribution >= 0.6 is 0 Å². The normalized spacial score (nSPS) is 10.8. The molecule has 0 amide bonds. The van der Waals surface area contributed by atoms with E-state index in [9.17, 15) is 8.78 Å². The first-order chi connectivity index (χ1) is 8.74. The number of pyridine rings is 2. The van der Waals surface area contributed by atoms with Crippen molar-refractivity contribution in [3.8, 4) is 11.1 Å². The zero-order chi connectivity index (χ0) is 12.5. The van der Waals surface area contributed by atoms with Crippen molar-refractivity contribution < 1.29 is 8.78 Å². The highest BCUT2D eigenvalue weighted by atomic mass is 19.1. The van der Waals surface area contributed by atoms with Crippen molar-refractivity contribution in [2.24, 2.45) is 0 Å². The molecule has 2 heterocycles. The van der Waals surface area contributed by atoms with Gasteiger partial charge in [0.15, 0.2) is 0 Å². The van der Waals surface area contributed by atoms with E-state index in [4.69, 9.17) is 0 Å². The number of halogens is 2. The number of fused-ring (bicyclic) bond motifs is 1. The Bertz CT molecular complexity index is 726. The van der Waals surface area contributed by atoms with Crippen molar-refractivity contribution in [2.75, 3.05) is 0 Å². The maximum absolute atomic E-state index is 13.6. The van der Waals surface area contributed by atoms with E-state index in [0.717, 1.165) is 17.0 Å². The Morgan fingerprint density at radius 3 is 2.61 bits per heavy atom. The van der Waals surface area contributed by atoms with Gasteiger partial charge in [0.25, 0.3) is 0 Å². The highest BCUT2D eigenvalue weighted by Gasteiger charge is 2.08. The summed E-state index contributed by atoms with van der Waals surface area (Å²) in [7, 11) is 0. The van der Waals surface area contributed by atoms with Gasteiger partial charge in [0.2, 0.25) is 11.9 Å². The number of hydrogen-bond donors (Lipinski definition) is 0. The van der Waals surface area contributed by atoms with Gasteiger partial charge >= 0.3 is 0 Å². The molecule has 0 saturated carbocycles. The van der Waals surface area contributed by atoms with Crippen LogP contribution in [-0.4, -0.2) is 9.97 Å². The summed E-state index contributed by atoms with van der Waals surface area (Å²) < 4.78 is 26.3. The lowest BCUT2D eigenvalue weighted by atomic mass is 10.1. The zero-order valence-corrected chi connectivity index (χ0v) is 9.27. The molecule has 88 valence electrons. The monoisotopic (exact) mass is 242 g/mol. The van der Waals surface area contributed by atoms with Gasteiger partial charge in [0, 0.05) is 22.7 Å². The summed E-state index contributed by atoms with van der Waals surface area (Å²) >= 11 is 0. The number of para-hydroxylation sites is 1. The fraction of sp³-hybridized carbons (Fsp3) is 0. The number of aromatic nitrogens is 2. The second-order valence-corrected chi connectivity index (χ2v) is 3.89. The van der Waals surface area contributed by atoms with Crippen LogP contribution in [0, 0.1) is 11.9 Å². The molecule has 0 spiro atoms. The zero-order valence-electron chi connectivity index (χ0n) is 9.27. The average Bonchev–Trinajstić information content (AvgIpc) is 2.38. The molecule has 1 aromatic carbocycles. The lowest BCUT2D eigenvalue weighted by molar-refractivity contribution is 0.515. The van der Waals surface area contributed by atoms with Crippen LogP contribution in [0.5, 0.6) is 0 Å². The van der Waals surface area contributed by atoms with Crippen LogP contribution in [0.2, 0.25) is 0 Å². The van der Waals surface area contributed by atoms with Gasteiger partial charge < -0.3 is 0 Å². The van der Waals surface area contributed by atoms with E-state index in [1.807, 2.05) is 24.3 Å². The summed E-state index contributed by atoms with van der Waals surface area (Å²) in [6.07, 6.45) is 1.56. The minimum atomic E-state index is -0.829. The SMILES string of the molecule is Fc1ccc(-c2cnc3ccccc3c2)c(F)n1. The molecule has 4 heteroatoms. The fourth-order valence-corrected chi connectivity index (χ4v) is 1.85. The largest absolute Gasteiger partial charge is 0.256 e. The van der Waals surface area contributed by atoms with E-state index >= 15 is 0 Å². The second kappa shape index (κ2) is 4.14. The molecule has 0 fully saturated rings. The van der Waals surface area contributed by atoms with Crippen molar-refractivity contribution in [2.45, 2.75) is 0 Å². The van der Waals surface area contributed by atoms with E-state index in [-0.39, 0.29) is 5.56 Å². The Kier molecular flexibility index (Phi) is 2.48. The summed E-state index contributed by atoms with van der Waals surface area (Å²) in [5, 5.41) is 0.902. The van der Waals surface area contributed by atoms with Crippen LogP contribution in [0.3, 0.4) is 0 Å². The van der Waals surface area contributed by atoms with E-state index < -0.39 is 11.9 Å². The van der Waals surface area contributed by atoms with Gasteiger partial charge in [0.05, 0.1) is 5.52 Å². The lowest BCUT2D eigenvalue weighted by Crippen LogP contribution is -1.92. The summed E-state index contributed by atoms with van der Waals surface area (Å²) in [5.41, 5.74) is 1.66. The molecule has 2 nitrogen and oxygen atoms in total. The summed E-state index contributed by atoms with van der Waals surface area (Å²) in [5.74, 6) is -1.66. The van der Waals surface area contributed by atoms with Gasteiger partial charge in [0.1, 0.15) is 0 Å². The third kappa shape index (κ3) is 1.82. The van der Waals surface area contributed by atoms with Crippen molar-refractivity contribution in [1.29, 1.82) is 0 Å².